The fraction of sp³-hybridized carbons (Fsp3) is 1.00. The molecule has 0 saturated carbocycles. The van der Waals surface area contributed by atoms with Gasteiger partial charge in [-0.1, -0.05) is 13.3 Å². The van der Waals surface area contributed by atoms with Crippen molar-refractivity contribution < 1.29 is 64.5 Å². The Morgan fingerprint density at radius 2 is 1.35 bits per heavy atom. The molecular formula is C23H46N4O13. The molecule has 3 saturated heterocycles. The quantitative estimate of drug-likeness (QED) is 0.119. The third-order valence-corrected chi connectivity index (χ3v) is 8.60. The van der Waals surface area contributed by atoms with Crippen LogP contribution in [0.1, 0.15) is 33.6 Å². The number of hydrogen-bond acceptors (Lipinski definition) is 17. The summed E-state index contributed by atoms with van der Waals surface area (Å²) in [5, 5.41) is 84.2. The van der Waals surface area contributed by atoms with Crippen LogP contribution in [0.4, 0.5) is 0 Å². The highest BCUT2D eigenvalue weighted by Gasteiger charge is 2.72. The fourth-order valence-electron chi connectivity index (χ4n) is 5.60. The van der Waals surface area contributed by atoms with Crippen molar-refractivity contribution in [3.63, 3.8) is 0 Å². The van der Waals surface area contributed by atoms with Crippen molar-refractivity contribution in [2.24, 2.45) is 22.9 Å². The van der Waals surface area contributed by atoms with Gasteiger partial charge in [0, 0.05) is 0 Å². The maximum absolute atomic E-state index is 11.5. The molecule has 0 bridgehead atoms. The van der Waals surface area contributed by atoms with E-state index >= 15 is 0 Å². The van der Waals surface area contributed by atoms with Gasteiger partial charge in [0.15, 0.2) is 24.6 Å². The molecule has 2 unspecified atom stereocenters. The average Bonchev–Trinajstić information content (AvgIpc) is 2.90. The van der Waals surface area contributed by atoms with Crippen LogP contribution in [0.15, 0.2) is 0 Å². The molecule has 0 aromatic rings. The van der Waals surface area contributed by atoms with Gasteiger partial charge in [-0.15, -0.1) is 0 Å². The predicted molar refractivity (Wildman–Crippen MR) is 133 cm³/mol. The molecule has 0 amide bonds. The summed E-state index contributed by atoms with van der Waals surface area (Å²) in [4.78, 5) is 0. The van der Waals surface area contributed by atoms with E-state index in [0.717, 1.165) is 0 Å². The second-order valence-corrected chi connectivity index (χ2v) is 11.3. The number of hydrogen-bond donors (Lipinski definition) is 12. The van der Waals surface area contributed by atoms with Gasteiger partial charge in [-0.3, -0.25) is 5.73 Å². The standard InChI is InChI=1S/C23H46N4O13/c1-4-5-22(35)21(3,34)20(2,26)19(40-23(22,27)8-30)39-16-10(7-29)37-18(12(25)14(16)32)38-15-9(6-28)36-17(33)11(24)13(15)31/h9-19,28-35H,4-8,24-27H2,1-3H3/t9-,10-,11-,12-,13-,14-,15?,16?,17-,18+,19+,20+,21-,22+,23-/m1/s1. The predicted octanol–water partition coefficient (Wildman–Crippen LogP) is -6.44. The van der Waals surface area contributed by atoms with Crippen LogP contribution in [0.25, 0.3) is 0 Å². The van der Waals surface area contributed by atoms with E-state index in [1.807, 2.05) is 0 Å². The smallest absolute Gasteiger partial charge is 0.181 e. The number of aliphatic hydroxyl groups is 8. The molecule has 0 radical (unpaired) electrons. The molecule has 3 heterocycles. The number of ether oxygens (including phenoxy) is 5. The molecule has 16 N–H and O–H groups in total. The highest BCUT2D eigenvalue weighted by Crippen LogP contribution is 2.49. The maximum Gasteiger partial charge on any atom is 0.181 e. The molecule has 17 nitrogen and oxygen atoms in total. The molecule has 3 aliphatic heterocycles. The lowest BCUT2D eigenvalue weighted by atomic mass is 9.62. The molecule has 3 rings (SSSR count). The van der Waals surface area contributed by atoms with E-state index in [4.69, 9.17) is 46.6 Å². The number of rotatable bonds is 9. The SMILES string of the molecule is CCC[C@]1(O)[C@](C)(O)[C@@](C)(N)[C@@H](OC2[C@@H](CO)O[C@@H](OC3[C@@H](CO)O[C@@H](O)[C@H](N)[C@H]3O)[C@H](N)[C@H]2O)O[C@]1(N)CO. The first-order chi connectivity index (χ1) is 18.5. The Labute approximate surface area is 231 Å². The maximum atomic E-state index is 11.5. The first-order valence-electron chi connectivity index (χ1n) is 13.2. The normalized spacial score (nSPS) is 53.9. The molecule has 0 aromatic heterocycles. The van der Waals surface area contributed by atoms with E-state index in [1.54, 1.807) is 6.92 Å². The van der Waals surface area contributed by atoms with Gasteiger partial charge < -0.3 is 81.7 Å². The summed E-state index contributed by atoms with van der Waals surface area (Å²) < 4.78 is 28.3. The molecule has 0 spiro atoms. The van der Waals surface area contributed by atoms with Gasteiger partial charge in [-0.25, -0.2) is 0 Å². The van der Waals surface area contributed by atoms with Crippen molar-refractivity contribution in [2.45, 2.75) is 124 Å². The van der Waals surface area contributed by atoms with E-state index in [-0.39, 0.29) is 6.42 Å². The lowest BCUT2D eigenvalue weighted by molar-refractivity contribution is -0.409. The van der Waals surface area contributed by atoms with Gasteiger partial charge in [0.25, 0.3) is 0 Å². The lowest BCUT2D eigenvalue weighted by Gasteiger charge is -2.63. The zero-order chi connectivity index (χ0) is 30.4. The third-order valence-electron chi connectivity index (χ3n) is 8.60. The van der Waals surface area contributed by atoms with Crippen LogP contribution >= 0.6 is 0 Å². The topological polar surface area (TPSA) is 312 Å². The Bertz CT molecular complexity index is 854. The van der Waals surface area contributed by atoms with Crippen LogP contribution in [0.5, 0.6) is 0 Å². The molecule has 236 valence electrons. The van der Waals surface area contributed by atoms with Gasteiger partial charge in [-0.05, 0) is 20.3 Å². The van der Waals surface area contributed by atoms with Crippen molar-refractivity contribution in [1.82, 2.24) is 0 Å². The Balaban J connectivity index is 1.85. The van der Waals surface area contributed by atoms with Gasteiger partial charge >= 0.3 is 0 Å². The highest BCUT2D eigenvalue weighted by atomic mass is 16.7. The van der Waals surface area contributed by atoms with Gasteiger partial charge in [0.1, 0.15) is 47.8 Å². The number of nitrogens with two attached hydrogens (primary N) is 4. The zero-order valence-electron chi connectivity index (χ0n) is 22.8. The zero-order valence-corrected chi connectivity index (χ0v) is 22.8. The highest BCUT2D eigenvalue weighted by molar-refractivity contribution is 5.21. The number of aliphatic hydroxyl groups excluding tert-OH is 6. The van der Waals surface area contributed by atoms with Crippen molar-refractivity contribution in [1.29, 1.82) is 0 Å². The minimum atomic E-state index is -2.25. The van der Waals surface area contributed by atoms with E-state index in [0.29, 0.717) is 6.42 Å². The summed E-state index contributed by atoms with van der Waals surface area (Å²) >= 11 is 0. The molecule has 3 fully saturated rings. The lowest BCUT2D eigenvalue weighted by Crippen LogP contribution is -2.88. The van der Waals surface area contributed by atoms with Crippen molar-refractivity contribution in [3.05, 3.63) is 0 Å². The van der Waals surface area contributed by atoms with Crippen LogP contribution in [0, 0.1) is 0 Å². The molecule has 0 aromatic carbocycles. The van der Waals surface area contributed by atoms with E-state index in [9.17, 15) is 40.9 Å². The van der Waals surface area contributed by atoms with E-state index in [1.165, 1.54) is 13.8 Å². The summed E-state index contributed by atoms with van der Waals surface area (Å²) in [6.45, 7) is 1.91. The Morgan fingerprint density at radius 3 is 1.88 bits per heavy atom. The van der Waals surface area contributed by atoms with Gasteiger partial charge in [-0.2, -0.15) is 0 Å². The van der Waals surface area contributed by atoms with Crippen LogP contribution in [-0.2, 0) is 23.7 Å². The first kappa shape index (κ1) is 33.8. The van der Waals surface area contributed by atoms with Crippen LogP contribution in [-0.4, -0.2) is 151 Å². The molecule has 15 atom stereocenters. The molecule has 0 aliphatic carbocycles. The Morgan fingerprint density at radius 1 is 0.825 bits per heavy atom. The van der Waals surface area contributed by atoms with Crippen molar-refractivity contribution >= 4 is 0 Å². The fourth-order valence-corrected chi connectivity index (χ4v) is 5.60. The van der Waals surface area contributed by atoms with Crippen molar-refractivity contribution in [2.75, 3.05) is 19.8 Å². The minimum absolute atomic E-state index is 0.0961. The Kier molecular flexibility index (Phi) is 10.3. The van der Waals surface area contributed by atoms with Crippen LogP contribution in [0.3, 0.4) is 0 Å². The van der Waals surface area contributed by atoms with E-state index < -0.39 is 110 Å². The molecular weight excluding hydrogens is 540 g/mol. The van der Waals surface area contributed by atoms with Crippen LogP contribution in [0.2, 0.25) is 0 Å². The summed E-state index contributed by atoms with van der Waals surface area (Å²) in [5.74, 6) is 0. The summed E-state index contributed by atoms with van der Waals surface area (Å²) in [5.41, 5.74) is 16.0. The monoisotopic (exact) mass is 586 g/mol. The summed E-state index contributed by atoms with van der Waals surface area (Å²) in [7, 11) is 0. The third kappa shape index (κ3) is 5.31. The molecule has 17 heteroatoms. The summed E-state index contributed by atoms with van der Waals surface area (Å²) in [6, 6.07) is -2.69. The first-order valence-corrected chi connectivity index (χ1v) is 13.2. The molecule has 40 heavy (non-hydrogen) atoms. The summed E-state index contributed by atoms with van der Waals surface area (Å²) in [6.07, 6.45) is -13.1. The van der Waals surface area contributed by atoms with Crippen molar-refractivity contribution in [3.8, 4) is 0 Å². The second kappa shape index (κ2) is 12.1. The largest absolute Gasteiger partial charge is 0.394 e. The van der Waals surface area contributed by atoms with Gasteiger partial charge in [0.05, 0.1) is 37.4 Å². The van der Waals surface area contributed by atoms with Crippen LogP contribution < -0.4 is 22.9 Å². The van der Waals surface area contributed by atoms with E-state index in [2.05, 4.69) is 0 Å². The minimum Gasteiger partial charge on any atom is -0.394 e. The molecule has 3 aliphatic rings. The second-order valence-electron chi connectivity index (χ2n) is 11.3. The average molecular weight is 587 g/mol. The Hall–Kier alpha value is -0.680. The van der Waals surface area contributed by atoms with Gasteiger partial charge in [0.2, 0.25) is 0 Å².